The van der Waals surface area contributed by atoms with E-state index in [2.05, 4.69) is 19.9 Å². The average Bonchev–Trinajstić information content (AvgIpc) is 2.70. The Morgan fingerprint density at radius 1 is 0.800 bits per heavy atom. The minimum absolute atomic E-state index is 0.0774. The van der Waals surface area contributed by atoms with E-state index in [1.54, 1.807) is 37.2 Å². The summed E-state index contributed by atoms with van der Waals surface area (Å²) in [6, 6.07) is 9.47. The summed E-state index contributed by atoms with van der Waals surface area (Å²) in [4.78, 5) is 29.7. The van der Waals surface area contributed by atoms with E-state index in [0.29, 0.717) is 0 Å². The second-order valence-electron chi connectivity index (χ2n) is 5.90. The SMILES string of the molecule is O=C(c1ccccc1)C(CCc1cnccn1)CCc1cnccn1. The Balaban J connectivity index is 1.69. The topological polar surface area (TPSA) is 68.6 Å². The van der Waals surface area contributed by atoms with Gasteiger partial charge in [0.25, 0.3) is 0 Å². The maximum Gasteiger partial charge on any atom is 0.165 e. The molecule has 0 fully saturated rings. The van der Waals surface area contributed by atoms with Gasteiger partial charge >= 0.3 is 0 Å². The van der Waals surface area contributed by atoms with Crippen molar-refractivity contribution in [3.05, 3.63) is 84.5 Å². The lowest BCUT2D eigenvalue weighted by molar-refractivity contribution is 0.0906. The van der Waals surface area contributed by atoms with Crippen LogP contribution in [0.4, 0.5) is 0 Å². The number of carbonyl (C=O) groups excluding carboxylic acids is 1. The van der Waals surface area contributed by atoms with Gasteiger partial charge in [-0.2, -0.15) is 0 Å². The van der Waals surface area contributed by atoms with E-state index in [4.69, 9.17) is 0 Å². The molecule has 5 nitrogen and oxygen atoms in total. The van der Waals surface area contributed by atoms with Gasteiger partial charge in [0.2, 0.25) is 0 Å². The van der Waals surface area contributed by atoms with Gasteiger partial charge in [-0.1, -0.05) is 30.3 Å². The van der Waals surface area contributed by atoms with Crippen LogP contribution in [0.5, 0.6) is 0 Å². The van der Waals surface area contributed by atoms with Crippen LogP contribution in [-0.4, -0.2) is 25.7 Å². The molecule has 3 aromatic rings. The van der Waals surface area contributed by atoms with Crippen molar-refractivity contribution in [3.8, 4) is 0 Å². The van der Waals surface area contributed by atoms with Gasteiger partial charge < -0.3 is 0 Å². The molecule has 0 atom stereocenters. The molecule has 1 aromatic carbocycles. The van der Waals surface area contributed by atoms with Crippen molar-refractivity contribution in [2.24, 2.45) is 5.92 Å². The molecule has 0 spiro atoms. The van der Waals surface area contributed by atoms with Crippen LogP contribution in [0.3, 0.4) is 0 Å². The van der Waals surface area contributed by atoms with Crippen LogP contribution >= 0.6 is 0 Å². The van der Waals surface area contributed by atoms with Crippen molar-refractivity contribution in [3.63, 3.8) is 0 Å². The van der Waals surface area contributed by atoms with Crippen LogP contribution in [0.25, 0.3) is 0 Å². The minimum atomic E-state index is -0.0774. The van der Waals surface area contributed by atoms with Gasteiger partial charge in [0.05, 0.1) is 11.4 Å². The van der Waals surface area contributed by atoms with E-state index < -0.39 is 0 Å². The Labute approximate surface area is 147 Å². The highest BCUT2D eigenvalue weighted by Crippen LogP contribution is 2.20. The largest absolute Gasteiger partial charge is 0.294 e. The van der Waals surface area contributed by atoms with Crippen molar-refractivity contribution in [1.29, 1.82) is 0 Å². The van der Waals surface area contributed by atoms with Crippen molar-refractivity contribution >= 4 is 5.78 Å². The molecule has 126 valence electrons. The van der Waals surface area contributed by atoms with E-state index in [0.717, 1.165) is 42.6 Å². The smallest absolute Gasteiger partial charge is 0.165 e. The summed E-state index contributed by atoms with van der Waals surface area (Å²) >= 11 is 0. The predicted molar refractivity (Wildman–Crippen MR) is 95.0 cm³/mol. The van der Waals surface area contributed by atoms with Gasteiger partial charge in [-0.25, -0.2) is 0 Å². The zero-order chi connectivity index (χ0) is 17.3. The van der Waals surface area contributed by atoms with E-state index in [-0.39, 0.29) is 11.7 Å². The van der Waals surface area contributed by atoms with Crippen molar-refractivity contribution < 1.29 is 4.79 Å². The lowest BCUT2D eigenvalue weighted by Gasteiger charge is -2.15. The van der Waals surface area contributed by atoms with Crippen LogP contribution in [0.2, 0.25) is 0 Å². The zero-order valence-corrected chi connectivity index (χ0v) is 14.0. The number of Topliss-reactive ketones (excluding diaryl/α,β-unsaturated/α-hetero) is 1. The predicted octanol–water partition coefficient (Wildman–Crippen LogP) is 3.33. The van der Waals surface area contributed by atoms with Crippen LogP contribution in [0.1, 0.15) is 34.6 Å². The number of rotatable bonds is 8. The summed E-state index contributed by atoms with van der Waals surface area (Å²) < 4.78 is 0. The molecule has 25 heavy (non-hydrogen) atoms. The monoisotopic (exact) mass is 332 g/mol. The lowest BCUT2D eigenvalue weighted by atomic mass is 9.88. The van der Waals surface area contributed by atoms with Crippen molar-refractivity contribution in [2.45, 2.75) is 25.7 Å². The van der Waals surface area contributed by atoms with Gasteiger partial charge in [-0.05, 0) is 25.7 Å². The third kappa shape index (κ3) is 5.01. The normalized spacial score (nSPS) is 10.8. The second kappa shape index (κ2) is 8.78. The summed E-state index contributed by atoms with van der Waals surface area (Å²) in [6.07, 6.45) is 13.1. The number of benzene rings is 1. The Kier molecular flexibility index (Phi) is 5.93. The molecule has 0 amide bonds. The fraction of sp³-hybridized carbons (Fsp3) is 0.250. The van der Waals surface area contributed by atoms with Gasteiger partial charge in [-0.15, -0.1) is 0 Å². The fourth-order valence-electron chi connectivity index (χ4n) is 2.81. The summed E-state index contributed by atoms with van der Waals surface area (Å²) in [7, 11) is 0. The lowest BCUT2D eigenvalue weighted by Crippen LogP contribution is -2.17. The molecule has 2 heterocycles. The molecule has 0 N–H and O–H groups in total. The number of nitrogens with zero attached hydrogens (tertiary/aromatic N) is 4. The molecule has 5 heteroatoms. The molecule has 0 aliphatic heterocycles. The first kappa shape index (κ1) is 16.9. The summed E-state index contributed by atoms with van der Waals surface area (Å²) in [6.45, 7) is 0. The first-order valence-corrected chi connectivity index (χ1v) is 8.42. The van der Waals surface area contributed by atoms with Crippen LogP contribution in [0, 0.1) is 5.92 Å². The Morgan fingerprint density at radius 3 is 1.84 bits per heavy atom. The third-order valence-corrected chi connectivity index (χ3v) is 4.16. The van der Waals surface area contributed by atoms with Crippen LogP contribution in [-0.2, 0) is 12.8 Å². The van der Waals surface area contributed by atoms with Gasteiger partial charge in [0.15, 0.2) is 5.78 Å². The first-order chi connectivity index (χ1) is 12.3. The van der Waals surface area contributed by atoms with E-state index in [1.807, 2.05) is 30.3 Å². The molecule has 2 aromatic heterocycles. The highest BCUT2D eigenvalue weighted by molar-refractivity contribution is 5.97. The Morgan fingerprint density at radius 2 is 1.36 bits per heavy atom. The van der Waals surface area contributed by atoms with Crippen molar-refractivity contribution in [2.75, 3.05) is 0 Å². The number of hydrogen-bond donors (Lipinski definition) is 0. The first-order valence-electron chi connectivity index (χ1n) is 8.42. The van der Waals surface area contributed by atoms with Crippen molar-refractivity contribution in [1.82, 2.24) is 19.9 Å². The molecule has 0 unspecified atom stereocenters. The average molecular weight is 332 g/mol. The number of aryl methyl sites for hydroxylation is 2. The molecular weight excluding hydrogens is 312 g/mol. The zero-order valence-electron chi connectivity index (χ0n) is 14.0. The summed E-state index contributed by atoms with van der Waals surface area (Å²) in [5.41, 5.74) is 2.58. The van der Waals surface area contributed by atoms with Gasteiger partial charge in [0, 0.05) is 48.7 Å². The second-order valence-corrected chi connectivity index (χ2v) is 5.90. The number of aromatic nitrogens is 4. The van der Waals surface area contributed by atoms with Crippen LogP contribution < -0.4 is 0 Å². The third-order valence-electron chi connectivity index (χ3n) is 4.16. The van der Waals surface area contributed by atoms with E-state index >= 15 is 0 Å². The van der Waals surface area contributed by atoms with Gasteiger partial charge in [-0.3, -0.25) is 24.7 Å². The van der Waals surface area contributed by atoms with E-state index in [9.17, 15) is 4.79 Å². The molecular formula is C20H20N4O. The highest BCUT2D eigenvalue weighted by Gasteiger charge is 2.20. The molecule has 0 aliphatic carbocycles. The standard InChI is InChI=1S/C20H20N4O/c25-20(16-4-2-1-3-5-16)17(6-8-18-14-21-10-12-23-18)7-9-19-15-22-11-13-24-19/h1-5,10-15,17H,6-9H2. The summed E-state index contributed by atoms with van der Waals surface area (Å²) in [5, 5.41) is 0. The maximum absolute atomic E-state index is 12.9. The minimum Gasteiger partial charge on any atom is -0.294 e. The number of carbonyl (C=O) groups is 1. The van der Waals surface area contributed by atoms with Gasteiger partial charge in [0.1, 0.15) is 0 Å². The number of ketones is 1. The quantitative estimate of drug-likeness (QED) is 0.592. The maximum atomic E-state index is 12.9. The molecule has 3 rings (SSSR count). The van der Waals surface area contributed by atoms with E-state index in [1.165, 1.54) is 0 Å². The fourth-order valence-corrected chi connectivity index (χ4v) is 2.81. The molecule has 0 saturated carbocycles. The van der Waals surface area contributed by atoms with Crippen LogP contribution in [0.15, 0.2) is 67.5 Å². The molecule has 0 bridgehead atoms. The molecule has 0 saturated heterocycles. The Hall–Kier alpha value is -2.95. The summed E-state index contributed by atoms with van der Waals surface area (Å²) in [5.74, 6) is 0.0970. The molecule has 0 radical (unpaired) electrons. The Bertz CT molecular complexity index is 735. The highest BCUT2D eigenvalue weighted by atomic mass is 16.1. The molecule has 0 aliphatic rings. The number of hydrogen-bond acceptors (Lipinski definition) is 5.